The number of aromatic nitrogens is 2. The monoisotopic (exact) mass is 417 g/mol. The maximum Gasteiger partial charge on any atom is 0.225 e. The molecule has 4 rings (SSSR count). The number of carbonyl (C=O) groups excluding carboxylic acids is 1. The van der Waals surface area contributed by atoms with E-state index >= 15 is 0 Å². The third-order valence-electron chi connectivity index (χ3n) is 5.70. The molecule has 3 aromatic rings. The van der Waals surface area contributed by atoms with Crippen LogP contribution in [0.4, 0.5) is 10.2 Å². The summed E-state index contributed by atoms with van der Waals surface area (Å²) in [5, 5.41) is 9.28. The van der Waals surface area contributed by atoms with Gasteiger partial charge in [-0.25, -0.2) is 14.4 Å². The third-order valence-corrected chi connectivity index (χ3v) is 5.70. The first-order valence-corrected chi connectivity index (χ1v) is 10.4. The molecule has 158 valence electrons. The van der Waals surface area contributed by atoms with Crippen molar-refractivity contribution in [1.29, 1.82) is 5.26 Å². The normalized spacial score (nSPS) is 16.0. The lowest BCUT2D eigenvalue weighted by molar-refractivity contribution is -0.134. The van der Waals surface area contributed by atoms with Gasteiger partial charge in [-0.3, -0.25) is 4.79 Å². The maximum absolute atomic E-state index is 14.2. The van der Waals surface area contributed by atoms with Crippen molar-refractivity contribution in [3.8, 4) is 17.3 Å². The molecule has 0 spiro atoms. The number of anilines is 1. The molecule has 1 amide bonds. The number of hydrogen-bond acceptors (Lipinski definition) is 5. The number of rotatable bonds is 4. The van der Waals surface area contributed by atoms with Gasteiger partial charge in [0.25, 0.3) is 0 Å². The van der Waals surface area contributed by atoms with Gasteiger partial charge in [-0.2, -0.15) is 5.26 Å². The van der Waals surface area contributed by atoms with Crippen molar-refractivity contribution in [2.24, 2.45) is 5.92 Å². The molecule has 0 radical (unpaired) electrons. The van der Waals surface area contributed by atoms with Crippen LogP contribution in [0, 0.1) is 23.1 Å². The molecule has 0 bridgehead atoms. The van der Waals surface area contributed by atoms with Crippen molar-refractivity contribution in [3.05, 3.63) is 53.8 Å². The fourth-order valence-corrected chi connectivity index (χ4v) is 4.03. The molecule has 2 aromatic carbocycles. The van der Waals surface area contributed by atoms with Gasteiger partial charge in [0.2, 0.25) is 5.91 Å². The largest absolute Gasteiger partial charge is 0.353 e. The van der Waals surface area contributed by atoms with Crippen LogP contribution in [0.15, 0.2) is 42.5 Å². The SMILES string of the molecule is CC(C)C(=O)N(C)C1CCN(c2nc3ccccc3nc2-c2cc(F)cc(C#N)c2)C1. The number of carbonyl (C=O) groups is 1. The Morgan fingerprint density at radius 2 is 1.94 bits per heavy atom. The van der Waals surface area contributed by atoms with Gasteiger partial charge in [-0.05, 0) is 36.8 Å². The fourth-order valence-electron chi connectivity index (χ4n) is 4.03. The fraction of sp³-hybridized carbons (Fsp3) is 0.333. The summed E-state index contributed by atoms with van der Waals surface area (Å²) in [4.78, 5) is 26.0. The topological polar surface area (TPSA) is 73.1 Å². The number of nitrogens with zero attached hydrogens (tertiary/aromatic N) is 5. The molecule has 1 aliphatic rings. The summed E-state index contributed by atoms with van der Waals surface area (Å²) >= 11 is 0. The van der Waals surface area contributed by atoms with Crippen LogP contribution in [0.1, 0.15) is 25.8 Å². The highest BCUT2D eigenvalue weighted by Gasteiger charge is 2.31. The second-order valence-corrected chi connectivity index (χ2v) is 8.22. The summed E-state index contributed by atoms with van der Waals surface area (Å²) in [5.41, 5.74) is 2.73. The lowest BCUT2D eigenvalue weighted by Gasteiger charge is -2.27. The Kier molecular flexibility index (Phi) is 5.55. The summed E-state index contributed by atoms with van der Waals surface area (Å²) < 4.78 is 14.2. The average Bonchev–Trinajstić information content (AvgIpc) is 3.26. The zero-order valence-electron chi connectivity index (χ0n) is 17.8. The van der Waals surface area contributed by atoms with Crippen LogP contribution in [-0.4, -0.2) is 47.0 Å². The van der Waals surface area contributed by atoms with Crippen LogP contribution in [0.5, 0.6) is 0 Å². The van der Waals surface area contributed by atoms with Gasteiger partial charge in [0.05, 0.1) is 28.7 Å². The quantitative estimate of drug-likeness (QED) is 0.642. The minimum Gasteiger partial charge on any atom is -0.353 e. The van der Waals surface area contributed by atoms with Crippen molar-refractivity contribution < 1.29 is 9.18 Å². The predicted octanol–water partition coefficient (Wildman–Crippen LogP) is 4.00. The van der Waals surface area contributed by atoms with Gasteiger partial charge in [-0.15, -0.1) is 0 Å². The minimum atomic E-state index is -0.489. The van der Waals surface area contributed by atoms with Crippen LogP contribution in [0.2, 0.25) is 0 Å². The highest BCUT2D eigenvalue weighted by molar-refractivity contribution is 5.84. The van der Waals surface area contributed by atoms with Crippen molar-refractivity contribution in [3.63, 3.8) is 0 Å². The number of amides is 1. The Bertz CT molecular complexity index is 1190. The average molecular weight is 417 g/mol. The highest BCUT2D eigenvalue weighted by Crippen LogP contribution is 2.33. The van der Waals surface area contributed by atoms with E-state index in [1.165, 1.54) is 12.1 Å². The molecule has 7 heteroatoms. The van der Waals surface area contributed by atoms with Crippen LogP contribution >= 0.6 is 0 Å². The lowest BCUT2D eigenvalue weighted by atomic mass is 10.1. The lowest BCUT2D eigenvalue weighted by Crippen LogP contribution is -2.41. The van der Waals surface area contributed by atoms with E-state index in [2.05, 4.69) is 4.90 Å². The molecule has 0 N–H and O–H groups in total. The number of halogens is 1. The van der Waals surface area contributed by atoms with Gasteiger partial charge in [0, 0.05) is 31.6 Å². The molecule has 0 saturated carbocycles. The van der Waals surface area contributed by atoms with Crippen molar-refractivity contribution in [2.75, 3.05) is 25.0 Å². The summed E-state index contributed by atoms with van der Waals surface area (Å²) in [6.07, 6.45) is 0.815. The molecule has 1 saturated heterocycles. The van der Waals surface area contributed by atoms with Gasteiger partial charge >= 0.3 is 0 Å². The molecule has 1 fully saturated rings. The van der Waals surface area contributed by atoms with Crippen LogP contribution in [-0.2, 0) is 4.79 Å². The van der Waals surface area contributed by atoms with Gasteiger partial charge in [-0.1, -0.05) is 26.0 Å². The molecule has 1 aromatic heterocycles. The predicted molar refractivity (Wildman–Crippen MR) is 118 cm³/mol. The van der Waals surface area contributed by atoms with E-state index in [1.54, 1.807) is 6.07 Å². The summed E-state index contributed by atoms with van der Waals surface area (Å²) in [7, 11) is 1.84. The molecule has 2 heterocycles. The molecule has 0 aliphatic carbocycles. The third kappa shape index (κ3) is 4.06. The van der Waals surface area contributed by atoms with Crippen molar-refractivity contribution >= 4 is 22.8 Å². The second kappa shape index (κ2) is 8.31. The smallest absolute Gasteiger partial charge is 0.225 e. The first kappa shape index (κ1) is 20.7. The van der Waals surface area contributed by atoms with Gasteiger partial charge in [0.15, 0.2) is 5.82 Å². The number of likely N-dealkylation sites (N-methyl/N-ethyl adjacent to an activating group) is 1. The Labute approximate surface area is 180 Å². The van der Waals surface area contributed by atoms with Crippen LogP contribution < -0.4 is 4.90 Å². The summed E-state index contributed by atoms with van der Waals surface area (Å²) in [6.45, 7) is 5.13. The number of fused-ring (bicyclic) bond motifs is 1. The Balaban J connectivity index is 1.77. The summed E-state index contributed by atoms with van der Waals surface area (Å²) in [5.74, 6) is 0.199. The molecule has 1 unspecified atom stereocenters. The molecule has 1 aliphatic heterocycles. The first-order valence-electron chi connectivity index (χ1n) is 10.4. The molecular formula is C24H24FN5O. The zero-order chi connectivity index (χ0) is 22.1. The number of benzene rings is 2. The Morgan fingerprint density at radius 1 is 1.23 bits per heavy atom. The second-order valence-electron chi connectivity index (χ2n) is 8.22. The standard InChI is InChI=1S/C24H24FN5O/c1-15(2)24(31)29(3)19-8-9-30(14-19)23-22(17-10-16(13-26)11-18(25)12-17)27-20-6-4-5-7-21(20)28-23/h4-7,10-12,15,19H,8-9,14H2,1-3H3. The van der Waals surface area contributed by atoms with E-state index < -0.39 is 5.82 Å². The zero-order valence-corrected chi connectivity index (χ0v) is 17.8. The highest BCUT2D eigenvalue weighted by atomic mass is 19.1. The Hall–Kier alpha value is -3.53. The van der Waals surface area contributed by atoms with E-state index in [0.29, 0.717) is 35.7 Å². The number of para-hydroxylation sites is 2. The van der Waals surface area contributed by atoms with E-state index in [1.807, 2.05) is 56.1 Å². The molecule has 1 atom stereocenters. The molecule has 6 nitrogen and oxygen atoms in total. The number of nitriles is 1. The van der Waals surface area contributed by atoms with E-state index in [9.17, 15) is 14.4 Å². The molecular weight excluding hydrogens is 393 g/mol. The van der Waals surface area contributed by atoms with Gasteiger partial charge < -0.3 is 9.80 Å². The van der Waals surface area contributed by atoms with Crippen LogP contribution in [0.3, 0.4) is 0 Å². The van der Waals surface area contributed by atoms with Crippen molar-refractivity contribution in [1.82, 2.24) is 14.9 Å². The van der Waals surface area contributed by atoms with E-state index in [0.717, 1.165) is 11.9 Å². The van der Waals surface area contributed by atoms with E-state index in [-0.39, 0.29) is 23.4 Å². The number of hydrogen-bond donors (Lipinski definition) is 0. The van der Waals surface area contributed by atoms with E-state index in [4.69, 9.17) is 9.97 Å². The molecule has 31 heavy (non-hydrogen) atoms. The Morgan fingerprint density at radius 3 is 2.61 bits per heavy atom. The maximum atomic E-state index is 14.2. The first-order chi connectivity index (χ1) is 14.9. The summed E-state index contributed by atoms with van der Waals surface area (Å²) in [6, 6.07) is 13.8. The van der Waals surface area contributed by atoms with Gasteiger partial charge in [0.1, 0.15) is 11.5 Å². The minimum absolute atomic E-state index is 0.0632. The van der Waals surface area contributed by atoms with Crippen LogP contribution in [0.25, 0.3) is 22.3 Å². The van der Waals surface area contributed by atoms with Crippen molar-refractivity contribution in [2.45, 2.75) is 26.3 Å².